The van der Waals surface area contributed by atoms with E-state index in [0.717, 1.165) is 18.8 Å². The summed E-state index contributed by atoms with van der Waals surface area (Å²) in [6.45, 7) is 5.36. The van der Waals surface area contributed by atoms with Crippen molar-refractivity contribution in [3.63, 3.8) is 0 Å². The first-order valence-corrected chi connectivity index (χ1v) is 6.15. The second-order valence-electron chi connectivity index (χ2n) is 4.37. The normalized spacial score (nSPS) is 13.3. The lowest BCUT2D eigenvalue weighted by molar-refractivity contribution is -0.140. The van der Waals surface area contributed by atoms with Crippen LogP contribution in [0.15, 0.2) is 0 Å². The van der Waals surface area contributed by atoms with Gasteiger partial charge < -0.3 is 19.7 Å². The molecule has 0 spiro atoms. The Morgan fingerprint density at radius 2 is 1.81 bits per heavy atom. The minimum atomic E-state index is -0.864. The van der Waals surface area contributed by atoms with E-state index >= 15 is 0 Å². The molecule has 0 aromatic carbocycles. The number of aliphatic hydroxyl groups excluding tert-OH is 2. The molecule has 0 aliphatic carbocycles. The Kier molecular flexibility index (Phi) is 11.2. The van der Waals surface area contributed by atoms with Crippen molar-refractivity contribution in [1.82, 2.24) is 0 Å². The third-order valence-electron chi connectivity index (χ3n) is 2.23. The lowest BCUT2D eigenvalue weighted by Gasteiger charge is -2.12. The van der Waals surface area contributed by atoms with Gasteiger partial charge in [0.15, 0.2) is 6.29 Å². The third kappa shape index (κ3) is 11.9. The summed E-state index contributed by atoms with van der Waals surface area (Å²) in [7, 11) is 0. The van der Waals surface area contributed by atoms with Crippen molar-refractivity contribution in [3.05, 3.63) is 0 Å². The van der Waals surface area contributed by atoms with Crippen LogP contribution in [0.4, 0.5) is 0 Å². The van der Waals surface area contributed by atoms with E-state index in [9.17, 15) is 5.11 Å². The molecule has 0 radical (unpaired) electrons. The molecule has 0 saturated heterocycles. The van der Waals surface area contributed by atoms with Crippen LogP contribution in [0.2, 0.25) is 0 Å². The summed E-state index contributed by atoms with van der Waals surface area (Å²) in [6.07, 6.45) is 3.73. The van der Waals surface area contributed by atoms with Gasteiger partial charge in [0.1, 0.15) is 0 Å². The van der Waals surface area contributed by atoms with Gasteiger partial charge in [-0.25, -0.2) is 0 Å². The van der Waals surface area contributed by atoms with E-state index < -0.39 is 6.29 Å². The van der Waals surface area contributed by atoms with Crippen LogP contribution in [0.5, 0.6) is 0 Å². The molecular weight excluding hydrogens is 208 g/mol. The number of aliphatic hydroxyl groups is 2. The van der Waals surface area contributed by atoms with Gasteiger partial charge in [0.05, 0.1) is 19.8 Å². The van der Waals surface area contributed by atoms with E-state index in [4.69, 9.17) is 14.6 Å². The summed E-state index contributed by atoms with van der Waals surface area (Å²) in [5.41, 5.74) is 0. The highest BCUT2D eigenvalue weighted by molar-refractivity contribution is 4.47. The van der Waals surface area contributed by atoms with Gasteiger partial charge in [0.2, 0.25) is 0 Å². The predicted octanol–water partition coefficient (Wildman–Crippen LogP) is 1.55. The Hall–Kier alpha value is -0.160. The van der Waals surface area contributed by atoms with E-state index in [0.29, 0.717) is 6.61 Å². The maximum Gasteiger partial charge on any atom is 0.178 e. The molecule has 0 heterocycles. The first kappa shape index (κ1) is 15.8. The van der Waals surface area contributed by atoms with Crippen LogP contribution in [-0.2, 0) is 9.47 Å². The lowest BCUT2D eigenvalue weighted by Crippen LogP contribution is -2.20. The van der Waals surface area contributed by atoms with Crippen LogP contribution in [0.1, 0.15) is 39.5 Å². The van der Waals surface area contributed by atoms with Crippen molar-refractivity contribution in [1.29, 1.82) is 0 Å². The van der Waals surface area contributed by atoms with Crippen LogP contribution in [0.25, 0.3) is 0 Å². The molecule has 0 aromatic heterocycles. The zero-order valence-corrected chi connectivity index (χ0v) is 10.5. The monoisotopic (exact) mass is 234 g/mol. The van der Waals surface area contributed by atoms with Gasteiger partial charge in [-0.2, -0.15) is 0 Å². The second kappa shape index (κ2) is 11.3. The summed E-state index contributed by atoms with van der Waals surface area (Å²) >= 11 is 0. The molecule has 0 aliphatic heterocycles. The molecule has 4 heteroatoms. The SMILES string of the molecule is CC(C)CCCCCOC(O)COCCO. The standard InChI is InChI=1S/C12H26O4/c1-11(2)6-4-3-5-8-16-12(14)10-15-9-7-13/h11-14H,3-10H2,1-2H3. The molecule has 0 aliphatic rings. The van der Waals surface area contributed by atoms with E-state index in [1.54, 1.807) is 0 Å². The molecule has 1 unspecified atom stereocenters. The molecule has 0 rings (SSSR count). The summed E-state index contributed by atoms with van der Waals surface area (Å²) in [4.78, 5) is 0. The molecule has 0 amide bonds. The van der Waals surface area contributed by atoms with E-state index in [2.05, 4.69) is 13.8 Å². The summed E-state index contributed by atoms with van der Waals surface area (Å²) in [5, 5.41) is 17.7. The van der Waals surface area contributed by atoms with Crippen LogP contribution in [0, 0.1) is 5.92 Å². The lowest BCUT2D eigenvalue weighted by atomic mass is 10.1. The minimum absolute atomic E-state index is 0.0259. The zero-order chi connectivity index (χ0) is 12.2. The van der Waals surface area contributed by atoms with Crippen molar-refractivity contribution in [2.45, 2.75) is 45.8 Å². The smallest absolute Gasteiger partial charge is 0.178 e. The number of hydrogen-bond donors (Lipinski definition) is 2. The fraction of sp³-hybridized carbons (Fsp3) is 1.00. The molecule has 98 valence electrons. The van der Waals surface area contributed by atoms with Gasteiger partial charge in [-0.15, -0.1) is 0 Å². The summed E-state index contributed by atoms with van der Waals surface area (Å²) in [5.74, 6) is 0.762. The summed E-state index contributed by atoms with van der Waals surface area (Å²) in [6, 6.07) is 0. The maximum atomic E-state index is 9.29. The fourth-order valence-electron chi connectivity index (χ4n) is 1.35. The van der Waals surface area contributed by atoms with Gasteiger partial charge in [-0.3, -0.25) is 0 Å². The largest absolute Gasteiger partial charge is 0.394 e. The van der Waals surface area contributed by atoms with Crippen molar-refractivity contribution in [3.8, 4) is 0 Å². The van der Waals surface area contributed by atoms with E-state index in [1.165, 1.54) is 12.8 Å². The number of hydrogen-bond acceptors (Lipinski definition) is 4. The Balaban J connectivity index is 3.12. The average Bonchev–Trinajstić information content (AvgIpc) is 2.23. The predicted molar refractivity (Wildman–Crippen MR) is 63.2 cm³/mol. The summed E-state index contributed by atoms with van der Waals surface area (Å²) < 4.78 is 10.1. The molecule has 16 heavy (non-hydrogen) atoms. The Morgan fingerprint density at radius 3 is 2.44 bits per heavy atom. The Bertz CT molecular complexity index is 139. The molecule has 0 bridgehead atoms. The average molecular weight is 234 g/mol. The molecule has 4 nitrogen and oxygen atoms in total. The van der Waals surface area contributed by atoms with Crippen molar-refractivity contribution in [2.24, 2.45) is 5.92 Å². The topological polar surface area (TPSA) is 58.9 Å². The molecule has 0 saturated carbocycles. The van der Waals surface area contributed by atoms with Gasteiger partial charge in [0.25, 0.3) is 0 Å². The maximum absolute atomic E-state index is 9.29. The highest BCUT2D eigenvalue weighted by Gasteiger charge is 2.03. The third-order valence-corrected chi connectivity index (χ3v) is 2.23. The van der Waals surface area contributed by atoms with Crippen molar-refractivity contribution >= 4 is 0 Å². The van der Waals surface area contributed by atoms with Crippen LogP contribution in [-0.4, -0.2) is 42.9 Å². The van der Waals surface area contributed by atoms with Crippen molar-refractivity contribution in [2.75, 3.05) is 26.4 Å². The first-order chi connectivity index (χ1) is 7.66. The van der Waals surface area contributed by atoms with Crippen LogP contribution < -0.4 is 0 Å². The first-order valence-electron chi connectivity index (χ1n) is 6.15. The quantitative estimate of drug-likeness (QED) is 0.420. The number of ether oxygens (including phenoxy) is 2. The Labute approximate surface area is 98.6 Å². The number of rotatable bonds is 11. The van der Waals surface area contributed by atoms with Gasteiger partial charge in [-0.1, -0.05) is 33.1 Å². The minimum Gasteiger partial charge on any atom is -0.394 e. The van der Waals surface area contributed by atoms with E-state index in [1.807, 2.05) is 0 Å². The molecule has 0 fully saturated rings. The van der Waals surface area contributed by atoms with Crippen LogP contribution in [0.3, 0.4) is 0 Å². The van der Waals surface area contributed by atoms with Crippen LogP contribution >= 0.6 is 0 Å². The second-order valence-corrected chi connectivity index (χ2v) is 4.37. The van der Waals surface area contributed by atoms with Crippen molar-refractivity contribution < 1.29 is 19.7 Å². The highest BCUT2D eigenvalue weighted by atomic mass is 16.6. The van der Waals surface area contributed by atoms with Gasteiger partial charge in [-0.05, 0) is 12.3 Å². The molecule has 1 atom stereocenters. The molecule has 0 aromatic rings. The van der Waals surface area contributed by atoms with E-state index in [-0.39, 0.29) is 19.8 Å². The van der Waals surface area contributed by atoms with Gasteiger partial charge >= 0.3 is 0 Å². The Morgan fingerprint density at radius 1 is 1.06 bits per heavy atom. The molecule has 2 N–H and O–H groups in total. The zero-order valence-electron chi connectivity index (χ0n) is 10.5. The fourth-order valence-corrected chi connectivity index (χ4v) is 1.35. The number of unbranched alkanes of at least 4 members (excludes halogenated alkanes) is 2. The highest BCUT2D eigenvalue weighted by Crippen LogP contribution is 2.08. The van der Waals surface area contributed by atoms with Gasteiger partial charge in [0, 0.05) is 6.61 Å². The molecular formula is C12H26O4.